The number of hydrogen-bond acceptors (Lipinski definition) is 3. The van der Waals surface area contributed by atoms with Crippen molar-refractivity contribution < 1.29 is 9.53 Å². The molecule has 4 heteroatoms. The third kappa shape index (κ3) is 2.97. The van der Waals surface area contributed by atoms with Crippen LogP contribution in [0.4, 0.5) is 4.79 Å². The highest BCUT2D eigenvalue weighted by atomic mass is 16.6. The van der Waals surface area contributed by atoms with Gasteiger partial charge in [-0.1, -0.05) is 18.2 Å². The second-order valence-electron chi connectivity index (χ2n) is 4.46. The van der Waals surface area contributed by atoms with Gasteiger partial charge in [0.05, 0.1) is 0 Å². The van der Waals surface area contributed by atoms with Gasteiger partial charge in [0, 0.05) is 25.7 Å². The minimum atomic E-state index is -0.254. The molecule has 1 fully saturated rings. The Morgan fingerprint density at radius 3 is 2.65 bits per heavy atom. The molecule has 0 saturated carbocycles. The van der Waals surface area contributed by atoms with Gasteiger partial charge in [-0.05, 0) is 26.1 Å². The molecule has 1 aromatic rings. The van der Waals surface area contributed by atoms with Crippen molar-refractivity contribution in [1.29, 1.82) is 0 Å². The number of hydrogen-bond donors (Lipinski definition) is 0. The summed E-state index contributed by atoms with van der Waals surface area (Å²) in [6.07, 6.45) is -0.254. The molecule has 1 atom stereocenters. The molecule has 0 radical (unpaired) electrons. The van der Waals surface area contributed by atoms with Crippen LogP contribution in [0.1, 0.15) is 6.92 Å². The lowest BCUT2D eigenvalue weighted by Gasteiger charge is -2.36. The van der Waals surface area contributed by atoms with Crippen molar-refractivity contribution in [2.24, 2.45) is 0 Å². The third-order valence-corrected chi connectivity index (χ3v) is 3.17. The van der Waals surface area contributed by atoms with E-state index in [0.717, 1.165) is 19.6 Å². The van der Waals surface area contributed by atoms with Crippen molar-refractivity contribution in [1.82, 2.24) is 9.80 Å². The normalized spacial score (nSPS) is 21.3. The quantitative estimate of drug-likeness (QED) is 0.743. The summed E-state index contributed by atoms with van der Waals surface area (Å²) in [5.74, 6) is 0.601. The second-order valence-corrected chi connectivity index (χ2v) is 4.46. The fourth-order valence-corrected chi connectivity index (χ4v) is 1.87. The van der Waals surface area contributed by atoms with E-state index in [1.165, 1.54) is 0 Å². The number of amides is 1. The van der Waals surface area contributed by atoms with E-state index in [2.05, 4.69) is 18.9 Å². The van der Waals surface area contributed by atoms with E-state index >= 15 is 0 Å². The van der Waals surface area contributed by atoms with Gasteiger partial charge < -0.3 is 14.5 Å². The number of likely N-dealkylation sites (N-methyl/N-ethyl adjacent to an activating group) is 1. The largest absolute Gasteiger partial charge is 0.415 e. The first kappa shape index (κ1) is 11.9. The molecule has 1 unspecified atom stereocenters. The minimum Gasteiger partial charge on any atom is -0.410 e. The predicted molar refractivity (Wildman–Crippen MR) is 66.1 cm³/mol. The Balaban J connectivity index is 1.93. The maximum absolute atomic E-state index is 11.9. The van der Waals surface area contributed by atoms with E-state index in [1.807, 2.05) is 18.2 Å². The molecular weight excluding hydrogens is 216 g/mol. The zero-order valence-corrected chi connectivity index (χ0v) is 10.3. The molecule has 4 nitrogen and oxygen atoms in total. The molecule has 1 aliphatic heterocycles. The Morgan fingerprint density at radius 1 is 1.29 bits per heavy atom. The maximum Gasteiger partial charge on any atom is 0.415 e. The van der Waals surface area contributed by atoms with Crippen molar-refractivity contribution in [3.8, 4) is 5.75 Å². The molecule has 0 N–H and O–H groups in total. The van der Waals surface area contributed by atoms with E-state index in [4.69, 9.17) is 4.74 Å². The van der Waals surface area contributed by atoms with E-state index in [9.17, 15) is 4.79 Å². The van der Waals surface area contributed by atoms with Gasteiger partial charge in [-0.3, -0.25) is 0 Å². The van der Waals surface area contributed by atoms with Gasteiger partial charge >= 0.3 is 6.09 Å². The van der Waals surface area contributed by atoms with Crippen molar-refractivity contribution in [3.63, 3.8) is 0 Å². The van der Waals surface area contributed by atoms with Gasteiger partial charge in [0.15, 0.2) is 0 Å². The monoisotopic (exact) mass is 234 g/mol. The van der Waals surface area contributed by atoms with Crippen molar-refractivity contribution in [2.75, 3.05) is 26.7 Å². The molecule has 1 aliphatic rings. The number of carbonyl (C=O) groups excluding carboxylic acids is 1. The molecule has 0 bridgehead atoms. The smallest absolute Gasteiger partial charge is 0.410 e. The first-order valence-corrected chi connectivity index (χ1v) is 5.89. The lowest BCUT2D eigenvalue weighted by Crippen LogP contribution is -2.52. The predicted octanol–water partition coefficient (Wildman–Crippen LogP) is 1.82. The summed E-state index contributed by atoms with van der Waals surface area (Å²) in [4.78, 5) is 15.9. The molecule has 1 heterocycles. The zero-order chi connectivity index (χ0) is 12.3. The van der Waals surface area contributed by atoms with E-state index in [-0.39, 0.29) is 6.09 Å². The number of benzene rings is 1. The summed E-state index contributed by atoms with van der Waals surface area (Å²) in [5.41, 5.74) is 0. The lowest BCUT2D eigenvalue weighted by molar-refractivity contribution is 0.0938. The first-order valence-electron chi connectivity index (χ1n) is 5.89. The Bertz CT molecular complexity index is 380. The Hall–Kier alpha value is -1.55. The minimum absolute atomic E-state index is 0.254. The van der Waals surface area contributed by atoms with Crippen LogP contribution in [0.2, 0.25) is 0 Å². The molecule has 1 aromatic carbocycles. The SMILES string of the molecule is CC1CN(C(=O)Oc2ccccc2)CCN1C. The van der Waals surface area contributed by atoms with Crippen LogP contribution in [-0.2, 0) is 0 Å². The van der Waals surface area contributed by atoms with E-state index in [0.29, 0.717) is 11.8 Å². The van der Waals surface area contributed by atoms with Crippen LogP contribution in [0.25, 0.3) is 0 Å². The van der Waals surface area contributed by atoms with Crippen molar-refractivity contribution in [3.05, 3.63) is 30.3 Å². The topological polar surface area (TPSA) is 32.8 Å². The highest BCUT2D eigenvalue weighted by Crippen LogP contribution is 2.13. The molecule has 0 aromatic heterocycles. The highest BCUT2D eigenvalue weighted by Gasteiger charge is 2.25. The summed E-state index contributed by atoms with van der Waals surface area (Å²) in [7, 11) is 2.07. The van der Waals surface area contributed by atoms with Gasteiger partial charge in [-0.2, -0.15) is 0 Å². The summed E-state index contributed by atoms with van der Waals surface area (Å²) >= 11 is 0. The van der Waals surface area contributed by atoms with Crippen LogP contribution >= 0.6 is 0 Å². The fourth-order valence-electron chi connectivity index (χ4n) is 1.87. The van der Waals surface area contributed by atoms with Crippen LogP contribution in [0.5, 0.6) is 5.75 Å². The zero-order valence-electron chi connectivity index (χ0n) is 10.3. The molecule has 2 rings (SSSR count). The summed E-state index contributed by atoms with van der Waals surface area (Å²) in [5, 5.41) is 0. The number of carbonyl (C=O) groups is 1. The summed E-state index contributed by atoms with van der Waals surface area (Å²) in [6.45, 7) is 4.46. The van der Waals surface area contributed by atoms with Gasteiger partial charge in [0.2, 0.25) is 0 Å². The van der Waals surface area contributed by atoms with Crippen molar-refractivity contribution >= 4 is 6.09 Å². The average molecular weight is 234 g/mol. The number of para-hydroxylation sites is 1. The Kier molecular flexibility index (Phi) is 3.64. The van der Waals surface area contributed by atoms with Crippen LogP contribution in [0, 0.1) is 0 Å². The number of ether oxygens (including phenoxy) is 1. The van der Waals surface area contributed by atoms with Gasteiger partial charge in [0.1, 0.15) is 5.75 Å². The molecule has 17 heavy (non-hydrogen) atoms. The molecule has 92 valence electrons. The summed E-state index contributed by atoms with van der Waals surface area (Å²) in [6, 6.07) is 9.57. The molecule has 1 amide bonds. The fraction of sp³-hybridized carbons (Fsp3) is 0.462. The number of rotatable bonds is 1. The van der Waals surface area contributed by atoms with Gasteiger partial charge in [0.25, 0.3) is 0 Å². The maximum atomic E-state index is 11.9. The van der Waals surface area contributed by atoms with Gasteiger partial charge in [-0.15, -0.1) is 0 Å². The van der Waals surface area contributed by atoms with Crippen molar-refractivity contribution in [2.45, 2.75) is 13.0 Å². The molecule has 0 spiro atoms. The first-order chi connectivity index (χ1) is 8.16. The second kappa shape index (κ2) is 5.19. The van der Waals surface area contributed by atoms with Gasteiger partial charge in [-0.25, -0.2) is 4.79 Å². The van der Waals surface area contributed by atoms with Crippen LogP contribution in [-0.4, -0.2) is 48.6 Å². The lowest BCUT2D eigenvalue weighted by atomic mass is 10.2. The number of nitrogens with zero attached hydrogens (tertiary/aromatic N) is 2. The highest BCUT2D eigenvalue weighted by molar-refractivity contribution is 5.70. The third-order valence-electron chi connectivity index (χ3n) is 3.17. The Morgan fingerprint density at radius 2 is 2.00 bits per heavy atom. The molecule has 1 saturated heterocycles. The van der Waals surface area contributed by atoms with Crippen LogP contribution < -0.4 is 4.74 Å². The Labute approximate surface area is 102 Å². The molecule has 0 aliphatic carbocycles. The standard InChI is InChI=1S/C13H18N2O2/c1-11-10-15(9-8-14(11)2)13(16)17-12-6-4-3-5-7-12/h3-7,11H,8-10H2,1-2H3. The van der Waals surface area contributed by atoms with E-state index in [1.54, 1.807) is 17.0 Å². The van der Waals surface area contributed by atoms with Crippen LogP contribution in [0.3, 0.4) is 0 Å². The average Bonchev–Trinajstić information content (AvgIpc) is 2.34. The summed E-state index contributed by atoms with van der Waals surface area (Å²) < 4.78 is 5.31. The van der Waals surface area contributed by atoms with Crippen LogP contribution in [0.15, 0.2) is 30.3 Å². The number of piperazine rings is 1. The molecular formula is C13H18N2O2. The van der Waals surface area contributed by atoms with E-state index < -0.39 is 0 Å².